The minimum atomic E-state index is -0.546. The maximum atomic E-state index is 12.3. The number of aromatic nitrogens is 2. The van der Waals surface area contributed by atoms with Crippen LogP contribution in [0, 0.1) is 0 Å². The van der Waals surface area contributed by atoms with Crippen LogP contribution in [-0.4, -0.2) is 77.0 Å². The summed E-state index contributed by atoms with van der Waals surface area (Å²) >= 11 is 14.5. The fraction of sp³-hybridized carbons (Fsp3) is 0.476. The number of amides is 3. The van der Waals surface area contributed by atoms with Crippen molar-refractivity contribution >= 4 is 69.2 Å². The van der Waals surface area contributed by atoms with Gasteiger partial charge in [0.1, 0.15) is 6.04 Å². The van der Waals surface area contributed by atoms with Crippen molar-refractivity contribution in [1.82, 2.24) is 25.7 Å². The topological polar surface area (TPSA) is 126 Å². The molecule has 1 aromatic heterocycles. The number of hydrogen-bond acceptors (Lipinski definition) is 9. The number of benzene rings is 1. The van der Waals surface area contributed by atoms with Crippen molar-refractivity contribution in [2.24, 2.45) is 0 Å². The lowest BCUT2D eigenvalue weighted by atomic mass is 10.2. The van der Waals surface area contributed by atoms with Crippen LogP contribution in [0.5, 0.6) is 0 Å². The van der Waals surface area contributed by atoms with Gasteiger partial charge in [-0.1, -0.05) is 52.4 Å². The molecular weight excluding hydrogens is 535 g/mol. The van der Waals surface area contributed by atoms with E-state index in [1.807, 2.05) is 12.1 Å². The van der Waals surface area contributed by atoms with Crippen molar-refractivity contribution in [3.63, 3.8) is 0 Å². The lowest BCUT2D eigenvalue weighted by Gasteiger charge is -2.33. The predicted molar refractivity (Wildman–Crippen MR) is 135 cm³/mol. The Kier molecular flexibility index (Phi) is 9.20. The Balaban J connectivity index is 1.16. The van der Waals surface area contributed by atoms with Crippen LogP contribution >= 0.6 is 46.3 Å². The fourth-order valence-electron chi connectivity index (χ4n) is 3.67. The van der Waals surface area contributed by atoms with Gasteiger partial charge in [0.05, 0.1) is 28.5 Å². The number of halogens is 2. The standard InChI is InChI=1S/C21H24Cl2N6O4S2/c22-14-2-1-12(7-15(14)23)9-29-5-6-33-13(10-29)8-24-18(31)11-34-21-28-27-20(35-21)26-19(32)16-3-4-17(30)25-16/h1-2,7,13,16H,3-6,8-11H2,(H,24,31)(H,25,30)(H,26,27,32)/t13?,16-/m0/s1. The molecule has 2 saturated heterocycles. The molecule has 10 nitrogen and oxygen atoms in total. The largest absolute Gasteiger partial charge is 0.374 e. The highest BCUT2D eigenvalue weighted by molar-refractivity contribution is 8.01. The second-order valence-electron chi connectivity index (χ2n) is 8.09. The molecule has 2 aliphatic rings. The minimum Gasteiger partial charge on any atom is -0.374 e. The molecule has 0 saturated carbocycles. The first-order valence-electron chi connectivity index (χ1n) is 11.0. The van der Waals surface area contributed by atoms with Crippen molar-refractivity contribution in [2.45, 2.75) is 35.9 Å². The molecule has 0 radical (unpaired) electrons. The fourth-order valence-corrected chi connectivity index (χ4v) is 5.58. The third-order valence-electron chi connectivity index (χ3n) is 5.42. The lowest BCUT2D eigenvalue weighted by molar-refractivity contribution is -0.122. The molecule has 0 bridgehead atoms. The second-order valence-corrected chi connectivity index (χ2v) is 11.1. The van der Waals surface area contributed by atoms with E-state index in [9.17, 15) is 14.4 Å². The van der Waals surface area contributed by atoms with Gasteiger partial charge in [-0.25, -0.2) is 0 Å². The van der Waals surface area contributed by atoms with Crippen LogP contribution in [0.15, 0.2) is 22.5 Å². The van der Waals surface area contributed by atoms with E-state index in [-0.39, 0.29) is 29.6 Å². The second kappa shape index (κ2) is 12.3. The third-order valence-corrected chi connectivity index (χ3v) is 8.13. The first kappa shape index (κ1) is 26.1. The first-order valence-corrected chi connectivity index (χ1v) is 13.5. The summed E-state index contributed by atoms with van der Waals surface area (Å²) < 4.78 is 6.36. The Morgan fingerprint density at radius 2 is 2.14 bits per heavy atom. The molecule has 1 aromatic carbocycles. The van der Waals surface area contributed by atoms with Crippen molar-refractivity contribution in [2.75, 3.05) is 37.3 Å². The zero-order valence-electron chi connectivity index (χ0n) is 18.6. The zero-order chi connectivity index (χ0) is 24.8. The number of ether oxygens (including phenoxy) is 1. The van der Waals surface area contributed by atoms with Crippen LogP contribution in [-0.2, 0) is 25.7 Å². The molecule has 0 aliphatic carbocycles. The van der Waals surface area contributed by atoms with Gasteiger partial charge in [-0.05, 0) is 24.1 Å². The smallest absolute Gasteiger partial charge is 0.248 e. The summed E-state index contributed by atoms with van der Waals surface area (Å²) in [6.45, 7) is 3.20. The van der Waals surface area contributed by atoms with Gasteiger partial charge in [-0.2, -0.15) is 0 Å². The molecule has 2 aromatic rings. The van der Waals surface area contributed by atoms with E-state index >= 15 is 0 Å². The maximum absolute atomic E-state index is 12.3. The Labute approximate surface area is 220 Å². The van der Waals surface area contributed by atoms with Gasteiger partial charge in [-0.15, -0.1) is 10.2 Å². The van der Waals surface area contributed by atoms with Gasteiger partial charge in [0.25, 0.3) is 0 Å². The molecule has 2 atom stereocenters. The van der Waals surface area contributed by atoms with Crippen LogP contribution in [0.3, 0.4) is 0 Å². The number of nitrogens with zero attached hydrogens (tertiary/aromatic N) is 3. The summed E-state index contributed by atoms with van der Waals surface area (Å²) in [5.74, 6) is -0.430. The predicted octanol–water partition coefficient (Wildman–Crippen LogP) is 2.17. The first-order chi connectivity index (χ1) is 16.9. The highest BCUT2D eigenvalue weighted by Crippen LogP contribution is 2.26. The number of rotatable bonds is 9. The molecule has 2 fully saturated rings. The van der Waals surface area contributed by atoms with Crippen LogP contribution in [0.4, 0.5) is 5.13 Å². The molecule has 3 N–H and O–H groups in total. The number of anilines is 1. The van der Waals surface area contributed by atoms with Crippen molar-refractivity contribution in [3.8, 4) is 0 Å². The number of nitrogens with one attached hydrogen (secondary N) is 3. The van der Waals surface area contributed by atoms with Crippen LogP contribution in [0.2, 0.25) is 10.0 Å². The quantitative estimate of drug-likeness (QED) is 0.316. The Bertz CT molecular complexity index is 1090. The number of hydrogen-bond donors (Lipinski definition) is 3. The summed E-state index contributed by atoms with van der Waals surface area (Å²) in [6.07, 6.45) is 0.689. The number of carbonyl (C=O) groups is 3. The Morgan fingerprint density at radius 1 is 1.29 bits per heavy atom. The molecular formula is C21H24Cl2N6O4S2. The summed E-state index contributed by atoms with van der Waals surface area (Å²) in [7, 11) is 0. The van der Waals surface area contributed by atoms with Crippen molar-refractivity contribution < 1.29 is 19.1 Å². The zero-order valence-corrected chi connectivity index (χ0v) is 21.7. The minimum absolute atomic E-state index is 0.111. The SMILES string of the molecule is O=C(CSc1nnc(NC(=O)[C@@H]2CCC(=O)N2)s1)NCC1CN(Cc2ccc(Cl)c(Cl)c2)CCO1. The molecule has 3 heterocycles. The van der Waals surface area contributed by atoms with E-state index in [2.05, 4.69) is 31.0 Å². The molecule has 2 aliphatic heterocycles. The van der Waals surface area contributed by atoms with Crippen molar-refractivity contribution in [1.29, 1.82) is 0 Å². The van der Waals surface area contributed by atoms with E-state index < -0.39 is 6.04 Å². The van der Waals surface area contributed by atoms with Gasteiger partial charge in [0, 0.05) is 32.6 Å². The van der Waals surface area contributed by atoms with E-state index in [1.165, 1.54) is 23.1 Å². The molecule has 188 valence electrons. The number of carbonyl (C=O) groups excluding carboxylic acids is 3. The molecule has 3 amide bonds. The summed E-state index contributed by atoms with van der Waals surface area (Å²) in [5, 5.41) is 17.5. The van der Waals surface area contributed by atoms with Gasteiger partial charge >= 0.3 is 0 Å². The molecule has 4 rings (SSSR count). The van der Waals surface area contributed by atoms with E-state index in [1.54, 1.807) is 6.07 Å². The normalized spacial score (nSPS) is 20.5. The molecule has 35 heavy (non-hydrogen) atoms. The molecule has 0 spiro atoms. The van der Waals surface area contributed by atoms with Crippen LogP contribution in [0.1, 0.15) is 18.4 Å². The highest BCUT2D eigenvalue weighted by atomic mass is 35.5. The lowest BCUT2D eigenvalue weighted by Crippen LogP contribution is -2.47. The summed E-state index contributed by atoms with van der Waals surface area (Å²) in [6, 6.07) is 5.06. The summed E-state index contributed by atoms with van der Waals surface area (Å²) in [5.41, 5.74) is 1.07. The number of morpholine rings is 1. The maximum Gasteiger partial charge on any atom is 0.248 e. The van der Waals surface area contributed by atoms with E-state index in [0.717, 1.165) is 18.7 Å². The van der Waals surface area contributed by atoms with Crippen molar-refractivity contribution in [3.05, 3.63) is 33.8 Å². The van der Waals surface area contributed by atoms with E-state index in [0.29, 0.717) is 52.1 Å². The van der Waals surface area contributed by atoms with Gasteiger partial charge in [-0.3, -0.25) is 24.6 Å². The summed E-state index contributed by atoms with van der Waals surface area (Å²) in [4.78, 5) is 38.0. The molecule has 1 unspecified atom stereocenters. The van der Waals surface area contributed by atoms with Gasteiger partial charge < -0.3 is 15.4 Å². The van der Waals surface area contributed by atoms with E-state index in [4.69, 9.17) is 27.9 Å². The molecule has 14 heteroatoms. The van der Waals surface area contributed by atoms with Crippen LogP contribution < -0.4 is 16.0 Å². The van der Waals surface area contributed by atoms with Crippen LogP contribution in [0.25, 0.3) is 0 Å². The Hall–Kier alpha value is -1.96. The average Bonchev–Trinajstić information content (AvgIpc) is 3.48. The van der Waals surface area contributed by atoms with Gasteiger partial charge in [0.15, 0.2) is 4.34 Å². The van der Waals surface area contributed by atoms with Gasteiger partial charge in [0.2, 0.25) is 22.9 Å². The Morgan fingerprint density at radius 3 is 2.91 bits per heavy atom. The average molecular weight is 560 g/mol. The monoisotopic (exact) mass is 558 g/mol. The highest BCUT2D eigenvalue weighted by Gasteiger charge is 2.28. The number of thioether (sulfide) groups is 1. The third kappa shape index (κ3) is 7.76.